The zero-order chi connectivity index (χ0) is 16.1. The number of carbonyl (C=O) groups excluding carboxylic acids is 1. The standard InChI is InChI=1S/C14H22F2N4O2/c1-19(8-10-4-2-3-5-11(10)21)14(22)17-13-6-7-20(18-13)9-12(15)16/h6-7,10-12,21H,2-5,8-9H2,1H3,(H,17,18,22). The number of carbonyl (C=O) groups is 1. The van der Waals surface area contributed by atoms with E-state index in [-0.39, 0.29) is 23.9 Å². The van der Waals surface area contributed by atoms with Gasteiger partial charge in [0.25, 0.3) is 6.43 Å². The van der Waals surface area contributed by atoms with Gasteiger partial charge in [0.05, 0.1) is 6.10 Å². The molecule has 0 aromatic carbocycles. The van der Waals surface area contributed by atoms with Crippen molar-refractivity contribution in [1.29, 1.82) is 0 Å². The smallest absolute Gasteiger partial charge is 0.322 e. The van der Waals surface area contributed by atoms with Gasteiger partial charge in [-0.1, -0.05) is 12.8 Å². The third kappa shape index (κ3) is 4.66. The Morgan fingerprint density at radius 2 is 2.27 bits per heavy atom. The number of nitrogens with one attached hydrogen (secondary N) is 1. The first-order valence-electron chi connectivity index (χ1n) is 7.47. The fourth-order valence-corrected chi connectivity index (χ4v) is 2.71. The van der Waals surface area contributed by atoms with Gasteiger partial charge < -0.3 is 10.0 Å². The van der Waals surface area contributed by atoms with Crippen LogP contribution < -0.4 is 5.32 Å². The van der Waals surface area contributed by atoms with Crippen LogP contribution in [0.25, 0.3) is 0 Å². The molecule has 124 valence electrons. The van der Waals surface area contributed by atoms with Crippen LogP contribution in [0.4, 0.5) is 19.4 Å². The quantitative estimate of drug-likeness (QED) is 0.874. The highest BCUT2D eigenvalue weighted by molar-refractivity contribution is 5.88. The average Bonchev–Trinajstić information content (AvgIpc) is 2.87. The van der Waals surface area contributed by atoms with Crippen LogP contribution >= 0.6 is 0 Å². The number of anilines is 1. The lowest BCUT2D eigenvalue weighted by Gasteiger charge is -2.31. The lowest BCUT2D eigenvalue weighted by molar-refractivity contribution is 0.0575. The SMILES string of the molecule is CN(CC1CCCCC1O)C(=O)Nc1ccn(CC(F)F)n1. The Hall–Kier alpha value is -1.70. The predicted octanol–water partition coefficient (Wildman–Crippen LogP) is 2.16. The molecule has 2 N–H and O–H groups in total. The van der Waals surface area contributed by atoms with Crippen molar-refractivity contribution in [2.45, 2.75) is 44.8 Å². The van der Waals surface area contributed by atoms with Crippen LogP contribution in [-0.4, -0.2) is 51.9 Å². The third-order valence-electron chi connectivity index (χ3n) is 3.92. The van der Waals surface area contributed by atoms with E-state index in [0.717, 1.165) is 30.4 Å². The lowest BCUT2D eigenvalue weighted by Crippen LogP contribution is -2.40. The number of hydrogen-bond acceptors (Lipinski definition) is 3. The highest BCUT2D eigenvalue weighted by Gasteiger charge is 2.25. The minimum absolute atomic E-state index is 0.0842. The van der Waals surface area contributed by atoms with Crippen LogP contribution in [0, 0.1) is 5.92 Å². The van der Waals surface area contributed by atoms with E-state index in [1.165, 1.54) is 17.2 Å². The molecule has 22 heavy (non-hydrogen) atoms. The molecule has 1 aliphatic rings. The molecule has 2 atom stereocenters. The Bertz CT molecular complexity index is 495. The number of rotatable bonds is 5. The number of nitrogens with zero attached hydrogens (tertiary/aromatic N) is 3. The predicted molar refractivity (Wildman–Crippen MR) is 77.8 cm³/mol. The number of aliphatic hydroxyl groups excluding tert-OH is 1. The summed E-state index contributed by atoms with van der Waals surface area (Å²) >= 11 is 0. The molecule has 0 radical (unpaired) electrons. The number of alkyl halides is 2. The van der Waals surface area contributed by atoms with Crippen molar-refractivity contribution in [1.82, 2.24) is 14.7 Å². The second kappa shape index (κ2) is 7.53. The molecule has 1 aliphatic carbocycles. The summed E-state index contributed by atoms with van der Waals surface area (Å²) < 4.78 is 25.6. The molecule has 1 aromatic rings. The maximum Gasteiger partial charge on any atom is 0.322 e. The molecular weight excluding hydrogens is 294 g/mol. The summed E-state index contributed by atoms with van der Waals surface area (Å²) in [4.78, 5) is 13.6. The molecule has 2 amide bonds. The Balaban J connectivity index is 1.84. The highest BCUT2D eigenvalue weighted by atomic mass is 19.3. The van der Waals surface area contributed by atoms with Crippen LogP contribution in [0.3, 0.4) is 0 Å². The molecule has 1 aromatic heterocycles. The molecule has 0 saturated heterocycles. The first kappa shape index (κ1) is 16.7. The van der Waals surface area contributed by atoms with E-state index in [1.54, 1.807) is 7.05 Å². The molecule has 8 heteroatoms. The summed E-state index contributed by atoms with van der Waals surface area (Å²) in [5.41, 5.74) is 0. The van der Waals surface area contributed by atoms with Crippen LogP contribution in [0.1, 0.15) is 25.7 Å². The normalized spacial score (nSPS) is 21.9. The Kier molecular flexibility index (Phi) is 5.70. The van der Waals surface area contributed by atoms with Crippen molar-refractivity contribution in [2.75, 3.05) is 18.9 Å². The van der Waals surface area contributed by atoms with Gasteiger partial charge in [-0.05, 0) is 12.8 Å². The molecule has 1 fully saturated rings. The van der Waals surface area contributed by atoms with Crippen molar-refractivity contribution >= 4 is 11.8 Å². The fraction of sp³-hybridized carbons (Fsp3) is 0.714. The van der Waals surface area contributed by atoms with Crippen LogP contribution in [0.5, 0.6) is 0 Å². The van der Waals surface area contributed by atoms with E-state index >= 15 is 0 Å². The molecule has 2 unspecified atom stereocenters. The summed E-state index contributed by atoms with van der Waals surface area (Å²) in [7, 11) is 1.65. The van der Waals surface area contributed by atoms with E-state index in [1.807, 2.05) is 0 Å². The average molecular weight is 316 g/mol. The second-order valence-corrected chi connectivity index (χ2v) is 5.74. The van der Waals surface area contributed by atoms with E-state index in [0.29, 0.717) is 6.54 Å². The largest absolute Gasteiger partial charge is 0.393 e. The topological polar surface area (TPSA) is 70.4 Å². The number of urea groups is 1. The van der Waals surface area contributed by atoms with E-state index < -0.39 is 13.0 Å². The molecule has 0 aliphatic heterocycles. The van der Waals surface area contributed by atoms with Crippen LogP contribution in [-0.2, 0) is 6.54 Å². The summed E-state index contributed by atoms with van der Waals surface area (Å²) in [6.45, 7) is -0.0370. The number of aromatic nitrogens is 2. The lowest BCUT2D eigenvalue weighted by atomic mass is 9.86. The zero-order valence-electron chi connectivity index (χ0n) is 12.6. The van der Waals surface area contributed by atoms with Gasteiger partial charge in [0, 0.05) is 31.8 Å². The molecule has 2 rings (SSSR count). The van der Waals surface area contributed by atoms with Gasteiger partial charge in [0.2, 0.25) is 0 Å². The van der Waals surface area contributed by atoms with Gasteiger partial charge in [-0.2, -0.15) is 5.10 Å². The summed E-state index contributed by atoms with van der Waals surface area (Å²) in [6, 6.07) is 1.11. The van der Waals surface area contributed by atoms with Gasteiger partial charge in [-0.15, -0.1) is 0 Å². The van der Waals surface area contributed by atoms with Crippen molar-refractivity contribution < 1.29 is 18.7 Å². The third-order valence-corrected chi connectivity index (χ3v) is 3.92. The minimum atomic E-state index is -2.49. The molecule has 1 heterocycles. The first-order chi connectivity index (χ1) is 10.5. The van der Waals surface area contributed by atoms with Gasteiger partial charge >= 0.3 is 6.03 Å². The first-order valence-corrected chi connectivity index (χ1v) is 7.47. The summed E-state index contributed by atoms with van der Waals surface area (Å²) in [5.74, 6) is 0.322. The van der Waals surface area contributed by atoms with Gasteiger partial charge in [0.1, 0.15) is 6.54 Å². The molecule has 0 spiro atoms. The summed E-state index contributed by atoms with van der Waals surface area (Å²) in [5, 5.41) is 16.4. The fourth-order valence-electron chi connectivity index (χ4n) is 2.71. The zero-order valence-corrected chi connectivity index (χ0v) is 12.6. The minimum Gasteiger partial charge on any atom is -0.393 e. The number of halogens is 2. The van der Waals surface area contributed by atoms with Gasteiger partial charge in [0.15, 0.2) is 5.82 Å². The Labute approximate surface area is 128 Å². The molecule has 6 nitrogen and oxygen atoms in total. The highest BCUT2D eigenvalue weighted by Crippen LogP contribution is 2.25. The van der Waals surface area contributed by atoms with Crippen molar-refractivity contribution in [2.24, 2.45) is 5.92 Å². The van der Waals surface area contributed by atoms with Crippen molar-refractivity contribution in [3.05, 3.63) is 12.3 Å². The number of hydrogen-bond donors (Lipinski definition) is 2. The van der Waals surface area contributed by atoms with E-state index in [4.69, 9.17) is 0 Å². The second-order valence-electron chi connectivity index (χ2n) is 5.74. The van der Waals surface area contributed by atoms with Gasteiger partial charge in [-0.25, -0.2) is 13.6 Å². The maximum atomic E-state index is 12.2. The Morgan fingerprint density at radius 1 is 1.55 bits per heavy atom. The number of aliphatic hydroxyl groups is 1. The maximum absolute atomic E-state index is 12.2. The molecule has 1 saturated carbocycles. The van der Waals surface area contributed by atoms with E-state index in [2.05, 4.69) is 10.4 Å². The molecule has 0 bridgehead atoms. The van der Waals surface area contributed by atoms with Crippen molar-refractivity contribution in [3.63, 3.8) is 0 Å². The van der Waals surface area contributed by atoms with E-state index in [9.17, 15) is 18.7 Å². The van der Waals surface area contributed by atoms with Crippen LogP contribution in [0.2, 0.25) is 0 Å². The van der Waals surface area contributed by atoms with Crippen molar-refractivity contribution in [3.8, 4) is 0 Å². The summed E-state index contributed by atoms with van der Waals surface area (Å²) in [6.07, 6.45) is 2.31. The van der Waals surface area contributed by atoms with Crippen LogP contribution in [0.15, 0.2) is 12.3 Å². The number of amides is 2. The monoisotopic (exact) mass is 316 g/mol. The Morgan fingerprint density at radius 3 is 2.95 bits per heavy atom. The van der Waals surface area contributed by atoms with Gasteiger partial charge in [-0.3, -0.25) is 10.00 Å². The molecular formula is C14H22F2N4O2.